The fourth-order valence-electron chi connectivity index (χ4n) is 5.84. The van der Waals surface area contributed by atoms with Gasteiger partial charge >= 0.3 is 21.5 Å². The molecule has 4 aromatic rings. The van der Waals surface area contributed by atoms with Crippen molar-refractivity contribution in [2.45, 2.75) is 76.8 Å². The van der Waals surface area contributed by atoms with Crippen molar-refractivity contribution in [3.05, 3.63) is 95.9 Å². The summed E-state index contributed by atoms with van der Waals surface area (Å²) in [6.45, 7) is 1.37. The molecule has 20 heteroatoms. The zero-order valence-corrected chi connectivity index (χ0v) is 32.8. The van der Waals surface area contributed by atoms with E-state index < -0.39 is 65.5 Å². The van der Waals surface area contributed by atoms with E-state index in [0.29, 0.717) is 12.2 Å². The van der Waals surface area contributed by atoms with Crippen LogP contribution >= 0.6 is 15.6 Å². The minimum Gasteiger partial charge on any atom is -0.465 e. The minimum absolute atomic E-state index is 0.0135. The smallest absolute Gasteiger partial charge is 0.465 e. The Kier molecular flexibility index (Phi) is 15.1. The molecule has 0 saturated carbocycles. The van der Waals surface area contributed by atoms with Gasteiger partial charge in [-0.2, -0.15) is 5.10 Å². The van der Waals surface area contributed by atoms with Crippen molar-refractivity contribution in [1.29, 1.82) is 5.41 Å². The van der Waals surface area contributed by atoms with Crippen molar-refractivity contribution in [3.8, 4) is 5.75 Å². The number of hydrogen-bond donors (Lipinski definition) is 5. The van der Waals surface area contributed by atoms with E-state index in [1.807, 2.05) is 13.8 Å². The number of hydrogen-bond acceptors (Lipinski definition) is 13. The first-order valence-electron chi connectivity index (χ1n) is 18.1. The predicted molar refractivity (Wildman–Crippen MR) is 199 cm³/mol. The van der Waals surface area contributed by atoms with Gasteiger partial charge in [-0.3, -0.25) is 28.3 Å². The Balaban J connectivity index is 1.25. The summed E-state index contributed by atoms with van der Waals surface area (Å²) in [4.78, 5) is 22.4. The molecular weight excluding hydrogens is 775 g/mol. The molecule has 6 atom stereocenters. The Morgan fingerprint density at radius 2 is 1.73 bits per heavy atom. The van der Waals surface area contributed by atoms with Crippen molar-refractivity contribution in [1.82, 2.24) is 19.3 Å². The second-order valence-electron chi connectivity index (χ2n) is 13.2. The van der Waals surface area contributed by atoms with Gasteiger partial charge in [0.25, 0.3) is 0 Å². The molecule has 0 aliphatic carbocycles. The summed E-state index contributed by atoms with van der Waals surface area (Å²) in [5.74, 6) is 0.0143. The van der Waals surface area contributed by atoms with Gasteiger partial charge in [0.15, 0.2) is 5.49 Å². The zero-order valence-electron chi connectivity index (χ0n) is 31.0. The highest BCUT2D eigenvalue weighted by molar-refractivity contribution is 7.52. The molecule has 1 aliphatic rings. The maximum absolute atomic E-state index is 14.9. The molecule has 306 valence electrons. The van der Waals surface area contributed by atoms with E-state index in [2.05, 4.69) is 10.2 Å². The molecule has 17 nitrogen and oxygen atoms in total. The number of para-hydroxylation sites is 1. The van der Waals surface area contributed by atoms with Gasteiger partial charge in [0.1, 0.15) is 54.9 Å². The highest BCUT2D eigenvalue weighted by Gasteiger charge is 2.56. The number of aliphatic hydroxyl groups is 2. The third-order valence-electron chi connectivity index (χ3n) is 9.32. The Morgan fingerprint density at radius 1 is 1.04 bits per heavy atom. The van der Waals surface area contributed by atoms with Crippen LogP contribution in [0.5, 0.6) is 5.75 Å². The molecule has 0 radical (unpaired) electrons. The number of alkyl halides is 1. The molecule has 3 heterocycles. The predicted octanol–water partition coefficient (Wildman–Crippen LogP) is 4.96. The number of nitrogens with zero attached hydrogens (tertiary/aromatic N) is 3. The van der Waals surface area contributed by atoms with Crippen molar-refractivity contribution in [2.75, 3.05) is 26.4 Å². The fraction of sp³-hybridized carbons (Fsp3) is 0.472. The fourth-order valence-corrected chi connectivity index (χ4v) is 7.92. The Labute approximate surface area is 323 Å². The summed E-state index contributed by atoms with van der Waals surface area (Å²) >= 11 is 0. The maximum atomic E-state index is 14.9. The third kappa shape index (κ3) is 11.0. The monoisotopic (exact) mass is 823 g/mol. The van der Waals surface area contributed by atoms with Crippen LogP contribution in [0.4, 0.5) is 4.39 Å². The normalized spacial score (nSPS) is 21.9. The lowest BCUT2D eigenvalue weighted by Crippen LogP contribution is -2.49. The summed E-state index contributed by atoms with van der Waals surface area (Å²) in [6.07, 6.45) is -1.88. The zero-order chi connectivity index (χ0) is 40.3. The molecule has 2 aromatic carbocycles. The number of rotatable bonds is 22. The second kappa shape index (κ2) is 19.6. The van der Waals surface area contributed by atoms with Crippen molar-refractivity contribution < 1.29 is 61.0 Å². The maximum Gasteiger partial charge on any atom is 0.474 e. The number of carbonyl (C=O) groups is 1. The molecule has 0 spiro atoms. The summed E-state index contributed by atoms with van der Waals surface area (Å²) in [6, 6.07) is 19.7. The van der Waals surface area contributed by atoms with E-state index in [4.69, 9.17) is 33.0 Å². The van der Waals surface area contributed by atoms with E-state index in [1.165, 1.54) is 28.8 Å². The van der Waals surface area contributed by atoms with Crippen LogP contribution in [-0.4, -0.2) is 79.5 Å². The number of carbonyl (C=O) groups excluding carboxylic acids is 1. The van der Waals surface area contributed by atoms with Crippen LogP contribution in [0.2, 0.25) is 0 Å². The van der Waals surface area contributed by atoms with E-state index in [1.54, 1.807) is 48.5 Å². The van der Waals surface area contributed by atoms with Gasteiger partial charge in [0.05, 0.1) is 25.5 Å². The number of aliphatic hydroxyl groups excluding tert-OH is 2. The standard InChI is InChI=1S/C36H48FN5O12P2/c1-3-26(4-2)20-49-31(43)16-11-19-40-55(46,54-28-14-9-6-10-15-28)51-23-36(22-37)34(45)32(44)33(53-36)29-17-18-30-35(38)41(24-39-42(29)30)25-52-56(47,48)50-21-27-12-7-5-8-13-27/h5-10,12-15,17-18,24,26,32-34,38,44-45H,3-4,11,16,19-23,25H2,1-2H3,(H,40,46)(H,47,48)/t32-,33-,34-,36+,55-/m0/s1. The Bertz CT molecular complexity index is 2040. The number of benzene rings is 2. The van der Waals surface area contributed by atoms with E-state index in [9.17, 15) is 33.4 Å². The summed E-state index contributed by atoms with van der Waals surface area (Å²) < 4.78 is 76.6. The van der Waals surface area contributed by atoms with Gasteiger partial charge in [0.2, 0.25) is 0 Å². The number of fused-ring (bicyclic) bond motifs is 1. The first-order valence-corrected chi connectivity index (χ1v) is 21.1. The highest BCUT2D eigenvalue weighted by Crippen LogP contribution is 2.48. The summed E-state index contributed by atoms with van der Waals surface area (Å²) in [5.41, 5.74) is -1.52. The molecule has 2 aromatic heterocycles. The average Bonchev–Trinajstić information content (AvgIpc) is 3.74. The lowest BCUT2D eigenvalue weighted by molar-refractivity contribution is -0.145. The number of phosphoric ester groups is 1. The van der Waals surface area contributed by atoms with Crippen LogP contribution in [0.3, 0.4) is 0 Å². The van der Waals surface area contributed by atoms with Gasteiger partial charge in [-0.1, -0.05) is 75.2 Å². The van der Waals surface area contributed by atoms with Crippen LogP contribution in [0, 0.1) is 11.3 Å². The minimum atomic E-state index is -4.53. The van der Waals surface area contributed by atoms with E-state index in [-0.39, 0.29) is 54.4 Å². The van der Waals surface area contributed by atoms with Crippen molar-refractivity contribution >= 4 is 27.1 Å². The lowest BCUT2D eigenvalue weighted by atomic mass is 9.96. The van der Waals surface area contributed by atoms with Crippen LogP contribution < -0.4 is 15.1 Å². The van der Waals surface area contributed by atoms with Gasteiger partial charge in [-0.25, -0.2) is 23.1 Å². The van der Waals surface area contributed by atoms with Crippen LogP contribution in [0.1, 0.15) is 56.9 Å². The molecular formula is C36H48FN5O12P2. The Hall–Kier alpha value is -3.80. The van der Waals surface area contributed by atoms with Gasteiger partial charge in [-0.15, -0.1) is 0 Å². The van der Waals surface area contributed by atoms with Crippen LogP contribution in [0.25, 0.3) is 5.52 Å². The first kappa shape index (κ1) is 43.3. The van der Waals surface area contributed by atoms with Crippen molar-refractivity contribution in [2.24, 2.45) is 5.92 Å². The topological polar surface area (TPSA) is 225 Å². The number of halogens is 1. The number of esters is 1. The molecule has 1 unspecified atom stereocenters. The molecule has 5 rings (SSSR count). The molecule has 5 N–H and O–H groups in total. The molecule has 1 saturated heterocycles. The van der Waals surface area contributed by atoms with Gasteiger partial charge in [-0.05, 0) is 42.2 Å². The van der Waals surface area contributed by atoms with Gasteiger partial charge in [0, 0.05) is 13.0 Å². The Morgan fingerprint density at radius 3 is 2.41 bits per heavy atom. The number of ether oxygens (including phenoxy) is 2. The number of nitrogens with one attached hydrogen (secondary N) is 2. The van der Waals surface area contributed by atoms with E-state index in [0.717, 1.165) is 23.7 Å². The lowest BCUT2D eigenvalue weighted by Gasteiger charge is -2.30. The van der Waals surface area contributed by atoms with Crippen LogP contribution in [0.15, 0.2) is 79.1 Å². The summed E-state index contributed by atoms with van der Waals surface area (Å²) in [5, 5.41) is 37.9. The molecule has 56 heavy (non-hydrogen) atoms. The number of aromatic nitrogens is 3. The molecule has 1 fully saturated rings. The molecule has 0 bridgehead atoms. The molecule has 1 aliphatic heterocycles. The SMILES string of the molecule is CCC(CC)COC(=O)CCCN[P@](=O)(OC[C@@]1(CF)O[C@@H](c2ccc3c(=N)n(COP(=O)(O)OCc4ccccc4)cnn23)[C@H](O)[C@@H]1O)Oc1ccccc1. The van der Waals surface area contributed by atoms with Crippen LogP contribution in [-0.2, 0) is 50.3 Å². The van der Waals surface area contributed by atoms with E-state index >= 15 is 0 Å². The highest BCUT2D eigenvalue weighted by atomic mass is 31.2. The van der Waals surface area contributed by atoms with Gasteiger partial charge < -0.3 is 29.1 Å². The second-order valence-corrected chi connectivity index (χ2v) is 16.4. The average molecular weight is 824 g/mol. The largest absolute Gasteiger partial charge is 0.474 e. The number of phosphoric acid groups is 1. The molecule has 0 amide bonds. The first-order chi connectivity index (χ1) is 26.8. The summed E-state index contributed by atoms with van der Waals surface area (Å²) in [7, 11) is -8.84. The third-order valence-corrected chi connectivity index (χ3v) is 11.7. The quantitative estimate of drug-likeness (QED) is 0.0402. The van der Waals surface area contributed by atoms with Crippen molar-refractivity contribution in [3.63, 3.8) is 0 Å².